The van der Waals surface area contributed by atoms with Crippen molar-refractivity contribution in [2.24, 2.45) is 5.92 Å². The van der Waals surface area contributed by atoms with E-state index in [9.17, 15) is 0 Å². The largest absolute Gasteiger partial charge is 0.399 e. The number of halogens is 1. The molecule has 1 fully saturated rings. The van der Waals surface area contributed by atoms with Crippen LogP contribution in [0.2, 0.25) is 5.02 Å². The van der Waals surface area contributed by atoms with Crippen molar-refractivity contribution in [3.8, 4) is 0 Å². The Morgan fingerprint density at radius 3 is 2.87 bits per heavy atom. The maximum absolute atomic E-state index is 6.13. The smallest absolute Gasteiger partial charge is 0.0641 e. The Kier molecular flexibility index (Phi) is 3.06. The predicted octanol–water partition coefficient (Wildman–Crippen LogP) is 3.16. The maximum atomic E-state index is 6.13. The molecule has 0 unspecified atom stereocenters. The molecule has 2 N–H and O–H groups in total. The van der Waals surface area contributed by atoms with Crippen LogP contribution in [0.15, 0.2) is 18.2 Å². The Hall–Kier alpha value is -0.890. The molecule has 1 aromatic carbocycles. The van der Waals surface area contributed by atoms with E-state index in [2.05, 4.69) is 11.8 Å². The van der Waals surface area contributed by atoms with Crippen LogP contribution < -0.4 is 10.6 Å². The summed E-state index contributed by atoms with van der Waals surface area (Å²) in [5.74, 6) is 0.840. The minimum Gasteiger partial charge on any atom is -0.399 e. The molecular formula is C12H17ClN2. The first-order chi connectivity index (χ1) is 7.20. The number of hydrogen-bond acceptors (Lipinski definition) is 2. The number of hydrogen-bond donors (Lipinski definition) is 1. The zero-order valence-corrected chi connectivity index (χ0v) is 9.80. The lowest BCUT2D eigenvalue weighted by Crippen LogP contribution is -2.46. The monoisotopic (exact) mass is 224 g/mol. The van der Waals surface area contributed by atoms with Crippen LogP contribution in [0.1, 0.15) is 19.8 Å². The van der Waals surface area contributed by atoms with Gasteiger partial charge in [0.25, 0.3) is 0 Å². The highest BCUT2D eigenvalue weighted by Gasteiger charge is 2.27. The van der Waals surface area contributed by atoms with Gasteiger partial charge >= 0.3 is 0 Å². The fourth-order valence-electron chi connectivity index (χ4n) is 2.13. The summed E-state index contributed by atoms with van der Waals surface area (Å²) in [6.45, 7) is 4.48. The lowest BCUT2D eigenvalue weighted by molar-refractivity contribution is 0.381. The molecule has 0 saturated carbocycles. The van der Waals surface area contributed by atoms with Crippen molar-refractivity contribution in [1.29, 1.82) is 0 Å². The first-order valence-corrected chi connectivity index (χ1v) is 5.88. The number of anilines is 2. The van der Waals surface area contributed by atoms with E-state index in [4.69, 9.17) is 17.3 Å². The molecule has 2 nitrogen and oxygen atoms in total. The minimum absolute atomic E-state index is 0.786. The van der Waals surface area contributed by atoms with Crippen molar-refractivity contribution in [3.05, 3.63) is 23.2 Å². The lowest BCUT2D eigenvalue weighted by Gasteiger charge is -2.41. The van der Waals surface area contributed by atoms with Crippen LogP contribution in [-0.2, 0) is 0 Å². The number of nitrogens with zero attached hydrogens (tertiary/aromatic N) is 1. The van der Waals surface area contributed by atoms with Crippen molar-refractivity contribution < 1.29 is 0 Å². The van der Waals surface area contributed by atoms with Gasteiger partial charge in [-0.15, -0.1) is 0 Å². The van der Waals surface area contributed by atoms with Gasteiger partial charge in [0.05, 0.1) is 10.7 Å². The Balaban J connectivity index is 2.03. The van der Waals surface area contributed by atoms with Gasteiger partial charge in [0.2, 0.25) is 0 Å². The molecule has 0 bridgehead atoms. The second kappa shape index (κ2) is 4.31. The van der Waals surface area contributed by atoms with Gasteiger partial charge in [0, 0.05) is 18.8 Å². The molecular weight excluding hydrogens is 208 g/mol. The fraction of sp³-hybridized carbons (Fsp3) is 0.500. The molecule has 1 saturated heterocycles. The van der Waals surface area contributed by atoms with Crippen LogP contribution in [0.25, 0.3) is 0 Å². The fourth-order valence-corrected chi connectivity index (χ4v) is 2.37. The highest BCUT2D eigenvalue weighted by Crippen LogP contribution is 2.34. The van der Waals surface area contributed by atoms with Crippen LogP contribution >= 0.6 is 11.6 Å². The molecule has 1 aliphatic rings. The molecule has 1 heterocycles. The molecule has 15 heavy (non-hydrogen) atoms. The quantitative estimate of drug-likeness (QED) is 0.800. The summed E-state index contributed by atoms with van der Waals surface area (Å²) in [7, 11) is 0. The van der Waals surface area contributed by atoms with E-state index < -0.39 is 0 Å². The summed E-state index contributed by atoms with van der Waals surface area (Å²) in [4.78, 5) is 2.30. The topological polar surface area (TPSA) is 29.3 Å². The summed E-state index contributed by atoms with van der Waals surface area (Å²) in [6.07, 6.45) is 2.58. The van der Waals surface area contributed by atoms with E-state index in [0.717, 1.165) is 35.4 Å². The van der Waals surface area contributed by atoms with Gasteiger partial charge in [-0.05, 0) is 30.5 Å². The second-order valence-corrected chi connectivity index (χ2v) is 4.68. The average Bonchev–Trinajstić information content (AvgIpc) is 2.15. The van der Waals surface area contributed by atoms with E-state index in [1.54, 1.807) is 0 Å². The molecule has 0 aromatic heterocycles. The third-order valence-corrected chi connectivity index (χ3v) is 3.28. The predicted molar refractivity (Wildman–Crippen MR) is 66.5 cm³/mol. The first-order valence-electron chi connectivity index (χ1n) is 5.50. The third kappa shape index (κ3) is 2.20. The minimum atomic E-state index is 0.786. The number of rotatable bonds is 3. The van der Waals surface area contributed by atoms with Gasteiger partial charge in [-0.2, -0.15) is 0 Å². The zero-order chi connectivity index (χ0) is 10.8. The molecule has 1 aromatic rings. The van der Waals surface area contributed by atoms with Gasteiger partial charge in [0.15, 0.2) is 0 Å². The van der Waals surface area contributed by atoms with E-state index in [1.165, 1.54) is 12.8 Å². The third-order valence-electron chi connectivity index (χ3n) is 2.96. The van der Waals surface area contributed by atoms with Gasteiger partial charge in [-0.1, -0.05) is 24.9 Å². The van der Waals surface area contributed by atoms with Crippen molar-refractivity contribution in [2.75, 3.05) is 23.7 Å². The van der Waals surface area contributed by atoms with Crippen molar-refractivity contribution in [3.63, 3.8) is 0 Å². The highest BCUT2D eigenvalue weighted by molar-refractivity contribution is 6.33. The zero-order valence-electron chi connectivity index (χ0n) is 9.04. The van der Waals surface area contributed by atoms with Crippen molar-refractivity contribution in [2.45, 2.75) is 19.8 Å². The van der Waals surface area contributed by atoms with Gasteiger partial charge < -0.3 is 10.6 Å². The van der Waals surface area contributed by atoms with Crippen LogP contribution in [0.3, 0.4) is 0 Å². The van der Waals surface area contributed by atoms with Crippen molar-refractivity contribution in [1.82, 2.24) is 0 Å². The van der Waals surface area contributed by atoms with E-state index in [1.807, 2.05) is 18.2 Å². The Morgan fingerprint density at radius 2 is 2.20 bits per heavy atom. The summed E-state index contributed by atoms with van der Waals surface area (Å²) in [5.41, 5.74) is 7.62. The van der Waals surface area contributed by atoms with Crippen molar-refractivity contribution >= 4 is 23.0 Å². The average molecular weight is 225 g/mol. The first kappa shape index (κ1) is 10.6. The Bertz CT molecular complexity index is 345. The molecule has 82 valence electrons. The molecule has 1 aliphatic heterocycles. The second-order valence-electron chi connectivity index (χ2n) is 4.27. The Labute approximate surface area is 96.0 Å². The summed E-state index contributed by atoms with van der Waals surface area (Å²) >= 11 is 6.13. The maximum Gasteiger partial charge on any atom is 0.0641 e. The molecule has 0 spiro atoms. The van der Waals surface area contributed by atoms with Crippen LogP contribution in [0, 0.1) is 5.92 Å². The van der Waals surface area contributed by atoms with Gasteiger partial charge in [-0.25, -0.2) is 0 Å². The van der Waals surface area contributed by atoms with Gasteiger partial charge in [-0.3, -0.25) is 0 Å². The standard InChI is InChI=1S/C12H17ClN2/c1-2-3-9-7-15(8-9)12-6-10(14)4-5-11(12)13/h4-6,9H,2-3,7-8,14H2,1H3. The van der Waals surface area contributed by atoms with Crippen LogP contribution in [0.4, 0.5) is 11.4 Å². The van der Waals surface area contributed by atoms with E-state index in [0.29, 0.717) is 0 Å². The molecule has 0 atom stereocenters. The number of benzene rings is 1. The summed E-state index contributed by atoms with van der Waals surface area (Å²) in [5, 5.41) is 0.805. The van der Waals surface area contributed by atoms with Crippen LogP contribution in [0.5, 0.6) is 0 Å². The molecule has 2 rings (SSSR count). The Morgan fingerprint density at radius 1 is 1.47 bits per heavy atom. The molecule has 0 aliphatic carbocycles. The summed E-state index contributed by atoms with van der Waals surface area (Å²) < 4.78 is 0. The SMILES string of the molecule is CCCC1CN(c2cc(N)ccc2Cl)C1. The van der Waals surface area contributed by atoms with Crippen LogP contribution in [-0.4, -0.2) is 13.1 Å². The molecule has 3 heteroatoms. The molecule has 0 amide bonds. The normalized spacial score (nSPS) is 16.5. The van der Waals surface area contributed by atoms with E-state index in [-0.39, 0.29) is 0 Å². The highest BCUT2D eigenvalue weighted by atomic mass is 35.5. The molecule has 0 radical (unpaired) electrons. The van der Waals surface area contributed by atoms with E-state index >= 15 is 0 Å². The summed E-state index contributed by atoms with van der Waals surface area (Å²) in [6, 6.07) is 5.68. The van der Waals surface area contributed by atoms with Gasteiger partial charge in [0.1, 0.15) is 0 Å². The lowest BCUT2D eigenvalue weighted by atomic mass is 9.94. The number of nitrogen functional groups attached to an aromatic ring is 1. The number of nitrogens with two attached hydrogens (primary N) is 1.